The molecule has 2 N–H and O–H groups in total. The second kappa shape index (κ2) is 8.93. The molecule has 0 atom stereocenters. The van der Waals surface area contributed by atoms with E-state index in [2.05, 4.69) is 15.6 Å². The molecule has 1 heterocycles. The van der Waals surface area contributed by atoms with Gasteiger partial charge in [-0.25, -0.2) is 9.37 Å². The maximum absolute atomic E-state index is 13.5. The molecule has 1 aromatic heterocycles. The summed E-state index contributed by atoms with van der Waals surface area (Å²) in [4.78, 5) is 16.9. The summed E-state index contributed by atoms with van der Waals surface area (Å²) in [6.45, 7) is 2.38. The number of amides is 1. The molecule has 0 saturated carbocycles. The first-order valence-corrected chi connectivity index (χ1v) is 9.94. The first-order valence-electron chi connectivity index (χ1n) is 9.53. The van der Waals surface area contributed by atoms with Crippen molar-refractivity contribution in [2.75, 3.05) is 11.9 Å². The molecule has 0 spiro atoms. The van der Waals surface area contributed by atoms with Crippen LogP contribution in [0.1, 0.15) is 17.3 Å². The highest BCUT2D eigenvalue weighted by Crippen LogP contribution is 2.26. The molecule has 0 aliphatic rings. The number of hydrogen-bond donors (Lipinski definition) is 2. The lowest BCUT2D eigenvalue weighted by molar-refractivity contribution is 0.0977. The van der Waals surface area contributed by atoms with E-state index in [1.54, 1.807) is 54.6 Å². The van der Waals surface area contributed by atoms with Crippen LogP contribution in [0, 0.1) is 5.82 Å². The standard InChI is InChI=1S/C23H18FN3O3S/c1-2-29-18-8-4-5-14(12-18)21(28)27-23(31)25-17-9-10-20-19(13-17)26-22(30-20)15-6-3-7-16(24)11-15/h3-13H,2H2,1H3,(H2,25,27,28,31). The highest BCUT2D eigenvalue weighted by atomic mass is 32.1. The molecule has 0 aliphatic carbocycles. The van der Waals surface area contributed by atoms with Crippen molar-refractivity contribution >= 4 is 40.0 Å². The van der Waals surface area contributed by atoms with Crippen LogP contribution in [0.25, 0.3) is 22.6 Å². The second-order valence-electron chi connectivity index (χ2n) is 6.58. The van der Waals surface area contributed by atoms with E-state index in [0.717, 1.165) is 0 Å². The number of halogens is 1. The summed E-state index contributed by atoms with van der Waals surface area (Å²) < 4.78 is 24.6. The van der Waals surface area contributed by atoms with Gasteiger partial charge in [-0.15, -0.1) is 0 Å². The zero-order valence-electron chi connectivity index (χ0n) is 16.5. The van der Waals surface area contributed by atoms with Gasteiger partial charge in [0.15, 0.2) is 10.7 Å². The molecule has 8 heteroatoms. The predicted octanol–water partition coefficient (Wildman–Crippen LogP) is 5.16. The Labute approximate surface area is 183 Å². The first-order chi connectivity index (χ1) is 15.0. The van der Waals surface area contributed by atoms with E-state index < -0.39 is 0 Å². The van der Waals surface area contributed by atoms with Crippen molar-refractivity contribution < 1.29 is 18.3 Å². The van der Waals surface area contributed by atoms with Crippen molar-refractivity contribution in [1.29, 1.82) is 0 Å². The Hall–Kier alpha value is -3.78. The quantitative estimate of drug-likeness (QED) is 0.422. The Bertz CT molecular complexity index is 1270. The number of fused-ring (bicyclic) bond motifs is 1. The number of aromatic nitrogens is 1. The topological polar surface area (TPSA) is 76.4 Å². The third-order valence-electron chi connectivity index (χ3n) is 4.35. The highest BCUT2D eigenvalue weighted by molar-refractivity contribution is 7.80. The minimum absolute atomic E-state index is 0.139. The van der Waals surface area contributed by atoms with Crippen LogP contribution in [0.5, 0.6) is 5.75 Å². The lowest BCUT2D eigenvalue weighted by Gasteiger charge is -2.10. The molecule has 0 fully saturated rings. The van der Waals surface area contributed by atoms with Gasteiger partial charge in [-0.3, -0.25) is 10.1 Å². The Balaban J connectivity index is 1.46. The average molecular weight is 435 g/mol. The van der Waals surface area contributed by atoms with Crippen molar-refractivity contribution in [1.82, 2.24) is 10.3 Å². The number of ether oxygens (including phenoxy) is 1. The maximum Gasteiger partial charge on any atom is 0.257 e. The summed E-state index contributed by atoms with van der Waals surface area (Å²) >= 11 is 5.26. The van der Waals surface area contributed by atoms with E-state index in [-0.39, 0.29) is 16.8 Å². The van der Waals surface area contributed by atoms with E-state index in [0.29, 0.717) is 46.2 Å². The second-order valence-corrected chi connectivity index (χ2v) is 6.99. The van der Waals surface area contributed by atoms with Crippen LogP contribution in [0.15, 0.2) is 71.1 Å². The maximum atomic E-state index is 13.5. The van der Waals surface area contributed by atoms with E-state index in [1.165, 1.54) is 12.1 Å². The fraction of sp³-hybridized carbons (Fsp3) is 0.0870. The first kappa shape index (κ1) is 20.5. The van der Waals surface area contributed by atoms with E-state index in [4.69, 9.17) is 21.4 Å². The van der Waals surface area contributed by atoms with Gasteiger partial charge in [-0.2, -0.15) is 0 Å². The Morgan fingerprint density at radius 3 is 2.77 bits per heavy atom. The molecule has 4 rings (SSSR count). The normalized spacial score (nSPS) is 10.6. The average Bonchev–Trinajstić information content (AvgIpc) is 3.17. The van der Waals surface area contributed by atoms with Gasteiger partial charge in [0, 0.05) is 16.8 Å². The van der Waals surface area contributed by atoms with Crippen LogP contribution in [-0.4, -0.2) is 22.6 Å². The Morgan fingerprint density at radius 1 is 1.13 bits per heavy atom. The van der Waals surface area contributed by atoms with Crippen LogP contribution in [-0.2, 0) is 0 Å². The molecule has 0 unspecified atom stereocenters. The zero-order chi connectivity index (χ0) is 21.8. The zero-order valence-corrected chi connectivity index (χ0v) is 17.3. The van der Waals surface area contributed by atoms with Gasteiger partial charge in [-0.05, 0) is 73.7 Å². The number of oxazole rings is 1. The minimum atomic E-state index is -0.366. The number of carbonyl (C=O) groups is 1. The summed E-state index contributed by atoms with van der Waals surface area (Å²) in [7, 11) is 0. The van der Waals surface area contributed by atoms with Gasteiger partial charge in [-0.1, -0.05) is 12.1 Å². The van der Waals surface area contributed by atoms with Gasteiger partial charge in [0.05, 0.1) is 6.61 Å². The Kier molecular flexibility index (Phi) is 5.90. The van der Waals surface area contributed by atoms with E-state index in [1.807, 2.05) is 6.92 Å². The summed E-state index contributed by atoms with van der Waals surface area (Å²) in [5.74, 6) is 0.210. The number of benzene rings is 3. The SMILES string of the molecule is CCOc1cccc(C(=O)NC(=S)Nc2ccc3oc(-c4cccc(F)c4)nc3c2)c1. The molecular formula is C23H18FN3O3S. The number of carbonyl (C=O) groups excluding carboxylic acids is 1. The number of nitrogens with zero attached hydrogens (tertiary/aromatic N) is 1. The van der Waals surface area contributed by atoms with Gasteiger partial charge >= 0.3 is 0 Å². The number of anilines is 1. The number of hydrogen-bond acceptors (Lipinski definition) is 5. The van der Waals surface area contributed by atoms with Crippen molar-refractivity contribution in [3.63, 3.8) is 0 Å². The van der Waals surface area contributed by atoms with Crippen molar-refractivity contribution in [2.24, 2.45) is 0 Å². The molecule has 31 heavy (non-hydrogen) atoms. The largest absolute Gasteiger partial charge is 0.494 e. The fourth-order valence-corrected chi connectivity index (χ4v) is 3.19. The fourth-order valence-electron chi connectivity index (χ4n) is 2.98. The van der Waals surface area contributed by atoms with Crippen molar-refractivity contribution in [2.45, 2.75) is 6.92 Å². The summed E-state index contributed by atoms with van der Waals surface area (Å²) in [6, 6.07) is 18.1. The summed E-state index contributed by atoms with van der Waals surface area (Å²) in [5, 5.41) is 5.74. The van der Waals surface area contributed by atoms with E-state index >= 15 is 0 Å². The molecule has 0 radical (unpaired) electrons. The van der Waals surface area contributed by atoms with Crippen molar-refractivity contribution in [3.8, 4) is 17.2 Å². The predicted molar refractivity (Wildman–Crippen MR) is 121 cm³/mol. The third-order valence-corrected chi connectivity index (χ3v) is 4.56. The molecule has 6 nitrogen and oxygen atoms in total. The summed E-state index contributed by atoms with van der Waals surface area (Å²) in [5.41, 5.74) is 2.72. The highest BCUT2D eigenvalue weighted by Gasteiger charge is 2.12. The lowest BCUT2D eigenvalue weighted by atomic mass is 10.2. The van der Waals surface area contributed by atoms with Crippen molar-refractivity contribution in [3.05, 3.63) is 78.1 Å². The van der Waals surface area contributed by atoms with Crippen LogP contribution < -0.4 is 15.4 Å². The van der Waals surface area contributed by atoms with Gasteiger partial charge in [0.25, 0.3) is 5.91 Å². The molecule has 156 valence electrons. The van der Waals surface area contributed by atoms with Gasteiger partial charge in [0.1, 0.15) is 17.1 Å². The van der Waals surface area contributed by atoms with Crippen LogP contribution in [0.2, 0.25) is 0 Å². The minimum Gasteiger partial charge on any atom is -0.494 e. The molecule has 3 aromatic carbocycles. The molecule has 1 amide bonds. The number of nitrogens with one attached hydrogen (secondary N) is 2. The lowest BCUT2D eigenvalue weighted by Crippen LogP contribution is -2.34. The van der Waals surface area contributed by atoms with Crippen LogP contribution in [0.3, 0.4) is 0 Å². The van der Waals surface area contributed by atoms with Crippen LogP contribution >= 0.6 is 12.2 Å². The van der Waals surface area contributed by atoms with Gasteiger partial charge < -0.3 is 14.5 Å². The molecule has 0 bridgehead atoms. The Morgan fingerprint density at radius 2 is 1.97 bits per heavy atom. The number of rotatable bonds is 5. The van der Waals surface area contributed by atoms with Gasteiger partial charge in [0.2, 0.25) is 5.89 Å². The summed E-state index contributed by atoms with van der Waals surface area (Å²) in [6.07, 6.45) is 0. The molecule has 0 aliphatic heterocycles. The smallest absolute Gasteiger partial charge is 0.257 e. The molecular weight excluding hydrogens is 417 g/mol. The van der Waals surface area contributed by atoms with E-state index in [9.17, 15) is 9.18 Å². The molecule has 0 saturated heterocycles. The third kappa shape index (κ3) is 4.87. The monoisotopic (exact) mass is 435 g/mol. The molecule has 4 aromatic rings. The van der Waals surface area contributed by atoms with Crippen LogP contribution in [0.4, 0.5) is 10.1 Å². The number of thiocarbonyl (C=S) groups is 1.